The summed E-state index contributed by atoms with van der Waals surface area (Å²) in [5, 5.41) is 12.6. The molecule has 162 valence electrons. The Morgan fingerprint density at radius 2 is 1.74 bits per heavy atom. The third-order valence-corrected chi connectivity index (χ3v) is 4.63. The number of amides is 1. The number of allylic oxidation sites excluding steroid dienone is 2. The highest BCUT2D eigenvalue weighted by Crippen LogP contribution is 2.31. The Kier molecular flexibility index (Phi) is 8.34. The molecule has 0 fully saturated rings. The molecule has 6 heteroatoms. The normalized spacial score (nSPS) is 12.9. The summed E-state index contributed by atoms with van der Waals surface area (Å²) in [5.74, 6) is 0.00973. The number of benzene rings is 2. The molecule has 0 spiro atoms. The number of carbonyl (C=O) groups is 1. The average Bonchev–Trinajstić information content (AvgIpc) is 2.73. The van der Waals surface area contributed by atoms with E-state index < -0.39 is 0 Å². The second kappa shape index (κ2) is 10.9. The molecule has 1 amide bonds. The Hall–Kier alpha value is -3.64. The first-order valence-electron chi connectivity index (χ1n) is 9.82. The number of hydrogen-bond donors (Lipinski definition) is 3. The molecule has 0 saturated carbocycles. The molecule has 31 heavy (non-hydrogen) atoms. The van der Waals surface area contributed by atoms with Gasteiger partial charge in [-0.05, 0) is 67.3 Å². The highest BCUT2D eigenvalue weighted by Gasteiger charge is 2.22. The number of carbonyl (C=O) groups excluding carboxylic acids is 1. The highest BCUT2D eigenvalue weighted by molar-refractivity contribution is 6.13. The lowest BCUT2D eigenvalue weighted by molar-refractivity contribution is -0.112. The number of nitrogens with one attached hydrogen (secondary N) is 1. The molecule has 2 aromatic carbocycles. The molecule has 0 aliphatic heterocycles. The van der Waals surface area contributed by atoms with E-state index in [0.29, 0.717) is 34.6 Å². The van der Waals surface area contributed by atoms with Crippen LogP contribution in [-0.4, -0.2) is 24.3 Å². The summed E-state index contributed by atoms with van der Waals surface area (Å²) < 4.78 is 5.13. The Balaban J connectivity index is 2.59. The van der Waals surface area contributed by atoms with Gasteiger partial charge in [-0.15, -0.1) is 0 Å². The molecule has 0 heterocycles. The number of aliphatic imine (C=N–C) groups is 1. The van der Waals surface area contributed by atoms with Crippen LogP contribution in [0.3, 0.4) is 0 Å². The van der Waals surface area contributed by atoms with E-state index in [9.17, 15) is 9.90 Å². The van der Waals surface area contributed by atoms with E-state index in [2.05, 4.69) is 16.9 Å². The minimum atomic E-state index is -0.336. The van der Waals surface area contributed by atoms with Gasteiger partial charge < -0.3 is 20.9 Å². The molecule has 6 nitrogen and oxygen atoms in total. The van der Waals surface area contributed by atoms with Gasteiger partial charge in [0.05, 0.1) is 12.2 Å². The Morgan fingerprint density at radius 1 is 1.13 bits per heavy atom. The van der Waals surface area contributed by atoms with E-state index >= 15 is 0 Å². The molecule has 0 aliphatic carbocycles. The fourth-order valence-corrected chi connectivity index (χ4v) is 3.14. The zero-order valence-electron chi connectivity index (χ0n) is 18.4. The van der Waals surface area contributed by atoms with Crippen LogP contribution in [0.4, 0.5) is 5.69 Å². The quantitative estimate of drug-likeness (QED) is 0.326. The topological polar surface area (TPSA) is 96.9 Å². The van der Waals surface area contributed by atoms with Crippen molar-refractivity contribution in [3.63, 3.8) is 0 Å². The first kappa shape index (κ1) is 23.6. The van der Waals surface area contributed by atoms with E-state index in [1.54, 1.807) is 51.4 Å². The number of rotatable bonds is 8. The van der Waals surface area contributed by atoms with Crippen molar-refractivity contribution in [2.75, 3.05) is 12.4 Å². The second-order valence-electron chi connectivity index (χ2n) is 7.06. The largest absolute Gasteiger partial charge is 0.508 e. The first-order valence-corrected chi connectivity index (χ1v) is 9.82. The highest BCUT2D eigenvalue weighted by atomic mass is 16.5. The van der Waals surface area contributed by atoms with Crippen molar-refractivity contribution >= 4 is 23.4 Å². The number of nitrogens with zero attached hydrogens (tertiary/aromatic N) is 1. The zero-order valence-corrected chi connectivity index (χ0v) is 18.4. The molecule has 0 saturated heterocycles. The summed E-state index contributed by atoms with van der Waals surface area (Å²) in [6.45, 7) is 9.87. The van der Waals surface area contributed by atoms with Crippen LogP contribution in [0.25, 0.3) is 5.57 Å². The predicted molar refractivity (Wildman–Crippen MR) is 127 cm³/mol. The maximum Gasteiger partial charge on any atom is 0.256 e. The third kappa shape index (κ3) is 6.17. The molecule has 2 rings (SSSR count). The van der Waals surface area contributed by atoms with Crippen LogP contribution in [0.5, 0.6) is 5.75 Å². The monoisotopic (exact) mass is 419 g/mol. The van der Waals surface area contributed by atoms with Crippen molar-refractivity contribution < 1.29 is 14.6 Å². The number of hydrogen-bond acceptors (Lipinski definition) is 5. The smallest absolute Gasteiger partial charge is 0.256 e. The molecule has 2 aromatic rings. The summed E-state index contributed by atoms with van der Waals surface area (Å²) in [4.78, 5) is 17.6. The van der Waals surface area contributed by atoms with Crippen molar-refractivity contribution in [3.05, 3.63) is 88.8 Å². The number of nitrogens with two attached hydrogens (primary N) is 1. The fraction of sp³-hybridized carbons (Fsp3) is 0.200. The average molecular weight is 420 g/mol. The lowest BCUT2D eigenvalue weighted by Crippen LogP contribution is -2.20. The van der Waals surface area contributed by atoms with Gasteiger partial charge in [0, 0.05) is 24.6 Å². The summed E-state index contributed by atoms with van der Waals surface area (Å²) >= 11 is 0. The molecule has 0 bridgehead atoms. The van der Waals surface area contributed by atoms with Gasteiger partial charge >= 0.3 is 0 Å². The first-order chi connectivity index (χ1) is 14.8. The fourth-order valence-electron chi connectivity index (χ4n) is 3.14. The zero-order chi connectivity index (χ0) is 23.0. The maximum absolute atomic E-state index is 13.4. The van der Waals surface area contributed by atoms with E-state index in [0.717, 1.165) is 11.1 Å². The standard InChI is InChI=1S/C25H29N3O3/c1-6-27-24(26)22(16(2)3)23(17(4)19-9-13-21(29)14-10-19)25(30)28-20-11-7-18(8-12-20)15-31-5/h6-14,29H,2,15,26H2,1,3-5H3,(H,28,30)/b23-17-,24-22+,27-6-. The van der Waals surface area contributed by atoms with Crippen LogP contribution in [0.15, 0.2) is 82.6 Å². The number of anilines is 1. The molecule has 0 atom stereocenters. The molecular formula is C25H29N3O3. The van der Waals surface area contributed by atoms with Crippen molar-refractivity contribution in [1.29, 1.82) is 0 Å². The number of phenols is 1. The van der Waals surface area contributed by atoms with E-state index in [-0.39, 0.29) is 17.5 Å². The summed E-state index contributed by atoms with van der Waals surface area (Å²) in [7, 11) is 1.63. The predicted octanol–water partition coefficient (Wildman–Crippen LogP) is 4.79. The van der Waals surface area contributed by atoms with Crippen LogP contribution in [-0.2, 0) is 16.1 Å². The van der Waals surface area contributed by atoms with Gasteiger partial charge in [-0.25, -0.2) is 4.99 Å². The van der Waals surface area contributed by atoms with Gasteiger partial charge in [-0.1, -0.05) is 30.8 Å². The minimum absolute atomic E-state index is 0.143. The minimum Gasteiger partial charge on any atom is -0.508 e. The summed E-state index contributed by atoms with van der Waals surface area (Å²) in [6, 6.07) is 14.0. The summed E-state index contributed by atoms with van der Waals surface area (Å²) in [5.41, 5.74) is 10.7. The molecular weight excluding hydrogens is 390 g/mol. The summed E-state index contributed by atoms with van der Waals surface area (Å²) in [6.07, 6.45) is 1.57. The second-order valence-corrected chi connectivity index (χ2v) is 7.06. The number of methoxy groups -OCH3 is 1. The molecule has 0 radical (unpaired) electrons. The van der Waals surface area contributed by atoms with Crippen LogP contribution < -0.4 is 11.1 Å². The van der Waals surface area contributed by atoms with Gasteiger partial charge in [-0.2, -0.15) is 0 Å². The Bertz CT molecular complexity index is 1030. The SMILES string of the molecule is C=C(C)C(/C(C(=O)Nc1ccc(COC)cc1)=C(\C)c1ccc(O)cc1)=C(N)\N=C/C. The van der Waals surface area contributed by atoms with Gasteiger partial charge in [0.1, 0.15) is 11.6 Å². The Labute approximate surface area is 183 Å². The number of ether oxygens (including phenoxy) is 1. The third-order valence-electron chi connectivity index (χ3n) is 4.63. The van der Waals surface area contributed by atoms with E-state index in [4.69, 9.17) is 10.5 Å². The van der Waals surface area contributed by atoms with E-state index in [1.165, 1.54) is 0 Å². The van der Waals surface area contributed by atoms with Crippen LogP contribution in [0.1, 0.15) is 31.9 Å². The lowest BCUT2D eigenvalue weighted by Gasteiger charge is -2.18. The van der Waals surface area contributed by atoms with Gasteiger partial charge in [-0.3, -0.25) is 4.79 Å². The van der Waals surface area contributed by atoms with Crippen molar-refractivity contribution in [2.24, 2.45) is 10.7 Å². The van der Waals surface area contributed by atoms with E-state index in [1.807, 2.05) is 31.2 Å². The molecule has 0 aliphatic rings. The number of phenolic OH excluding ortho intramolecular Hbond substituents is 1. The Morgan fingerprint density at radius 3 is 2.26 bits per heavy atom. The molecule has 0 aromatic heterocycles. The van der Waals surface area contributed by atoms with Crippen LogP contribution in [0, 0.1) is 0 Å². The van der Waals surface area contributed by atoms with Crippen LogP contribution >= 0.6 is 0 Å². The number of aromatic hydroxyl groups is 1. The van der Waals surface area contributed by atoms with Gasteiger partial charge in [0.25, 0.3) is 5.91 Å². The van der Waals surface area contributed by atoms with Crippen molar-refractivity contribution in [3.8, 4) is 5.75 Å². The van der Waals surface area contributed by atoms with Gasteiger partial charge in [0.15, 0.2) is 0 Å². The van der Waals surface area contributed by atoms with Gasteiger partial charge in [0.2, 0.25) is 0 Å². The molecule has 0 unspecified atom stereocenters. The maximum atomic E-state index is 13.4. The van der Waals surface area contributed by atoms with Crippen LogP contribution in [0.2, 0.25) is 0 Å². The van der Waals surface area contributed by atoms with Crippen molar-refractivity contribution in [1.82, 2.24) is 0 Å². The molecule has 4 N–H and O–H groups in total. The van der Waals surface area contributed by atoms with Crippen molar-refractivity contribution in [2.45, 2.75) is 27.4 Å². The lowest BCUT2D eigenvalue weighted by atomic mass is 9.91.